The summed E-state index contributed by atoms with van der Waals surface area (Å²) in [5.74, 6) is 0.162. The van der Waals surface area contributed by atoms with Crippen LogP contribution in [-0.4, -0.2) is 16.3 Å². The molecule has 0 aliphatic carbocycles. The molecule has 1 aromatic heterocycles. The molecule has 104 valence electrons. The predicted octanol–water partition coefficient (Wildman–Crippen LogP) is 4.56. The quantitative estimate of drug-likeness (QED) is 0.709. The van der Waals surface area contributed by atoms with Crippen molar-refractivity contribution >= 4 is 28.2 Å². The lowest BCUT2D eigenvalue weighted by molar-refractivity contribution is 0.474. The van der Waals surface area contributed by atoms with Crippen LogP contribution in [0.15, 0.2) is 68.7 Å². The third-order valence-corrected chi connectivity index (χ3v) is 3.41. The van der Waals surface area contributed by atoms with Gasteiger partial charge >= 0.3 is 6.01 Å². The van der Waals surface area contributed by atoms with Crippen molar-refractivity contribution in [3.05, 3.63) is 64.8 Å². The van der Waals surface area contributed by atoms with Gasteiger partial charge in [-0.15, -0.1) is 0 Å². The lowest BCUT2D eigenvalue weighted by Gasteiger charge is -1.95. The van der Waals surface area contributed by atoms with Crippen LogP contribution in [0.2, 0.25) is 0 Å². The third-order valence-electron chi connectivity index (χ3n) is 2.87. The fourth-order valence-corrected chi connectivity index (χ4v) is 2.30. The molecule has 2 aromatic carbocycles. The minimum Gasteiger partial charge on any atom is -0.507 e. The lowest BCUT2D eigenvalue weighted by Crippen LogP contribution is -1.81. The molecule has 21 heavy (non-hydrogen) atoms. The zero-order chi connectivity index (χ0) is 14.7. The van der Waals surface area contributed by atoms with Crippen molar-refractivity contribution in [3.63, 3.8) is 0 Å². The minimum absolute atomic E-state index is 0.162. The normalized spacial score (nSPS) is 11.1. The van der Waals surface area contributed by atoms with E-state index in [4.69, 9.17) is 4.42 Å². The number of para-hydroxylation sites is 1. The van der Waals surface area contributed by atoms with Crippen LogP contribution in [0.1, 0.15) is 5.56 Å². The average Bonchev–Trinajstić information content (AvgIpc) is 2.88. The molecule has 3 aromatic rings. The Hall–Kier alpha value is -2.40. The standard InChI is InChI=1S/C16H11BrN2O2/c17-15-14(11-6-2-1-3-7-11)19-16(21-15)18-10-12-8-4-5-9-13(12)20/h1-10,20H/b18-10+. The van der Waals surface area contributed by atoms with Gasteiger partial charge in [0.15, 0.2) is 4.67 Å². The monoisotopic (exact) mass is 342 g/mol. The molecule has 0 atom stereocenters. The average molecular weight is 343 g/mol. The first kappa shape index (κ1) is 13.6. The van der Waals surface area contributed by atoms with Gasteiger partial charge in [-0.05, 0) is 28.1 Å². The lowest BCUT2D eigenvalue weighted by atomic mass is 10.2. The van der Waals surface area contributed by atoms with Crippen LogP contribution in [0.3, 0.4) is 0 Å². The highest BCUT2D eigenvalue weighted by Crippen LogP contribution is 2.31. The van der Waals surface area contributed by atoms with Crippen molar-refractivity contribution in [3.8, 4) is 17.0 Å². The van der Waals surface area contributed by atoms with Gasteiger partial charge in [0.1, 0.15) is 11.4 Å². The summed E-state index contributed by atoms with van der Waals surface area (Å²) < 4.78 is 5.98. The number of benzene rings is 2. The summed E-state index contributed by atoms with van der Waals surface area (Å²) in [5, 5.41) is 9.67. The maximum Gasteiger partial charge on any atom is 0.323 e. The van der Waals surface area contributed by atoms with Crippen LogP contribution < -0.4 is 0 Å². The van der Waals surface area contributed by atoms with Crippen LogP contribution in [0.25, 0.3) is 11.3 Å². The third kappa shape index (κ3) is 3.03. The molecule has 0 radical (unpaired) electrons. The smallest absolute Gasteiger partial charge is 0.323 e. The largest absolute Gasteiger partial charge is 0.507 e. The van der Waals surface area contributed by atoms with Gasteiger partial charge in [-0.1, -0.05) is 42.5 Å². The number of phenols is 1. The van der Waals surface area contributed by atoms with Crippen molar-refractivity contribution in [2.45, 2.75) is 0 Å². The molecule has 0 aliphatic heterocycles. The first-order chi connectivity index (χ1) is 10.2. The number of aliphatic imine (C=N–C) groups is 1. The summed E-state index contributed by atoms with van der Waals surface area (Å²) in [6.07, 6.45) is 1.52. The maximum absolute atomic E-state index is 9.67. The van der Waals surface area contributed by atoms with E-state index in [1.165, 1.54) is 6.21 Å². The van der Waals surface area contributed by atoms with E-state index in [0.29, 0.717) is 15.9 Å². The molecule has 0 aliphatic rings. The molecule has 1 heterocycles. The van der Waals surface area contributed by atoms with E-state index < -0.39 is 0 Å². The van der Waals surface area contributed by atoms with Crippen molar-refractivity contribution in [2.75, 3.05) is 0 Å². The Bertz CT molecular complexity index is 782. The zero-order valence-electron chi connectivity index (χ0n) is 10.9. The van der Waals surface area contributed by atoms with Gasteiger partial charge in [0.05, 0.1) is 0 Å². The number of oxazole rings is 1. The van der Waals surface area contributed by atoms with Crippen LogP contribution in [-0.2, 0) is 0 Å². The number of aromatic nitrogens is 1. The molecular formula is C16H11BrN2O2. The Labute approximate surface area is 129 Å². The number of rotatable bonds is 3. The van der Waals surface area contributed by atoms with Crippen LogP contribution in [0, 0.1) is 0 Å². The highest BCUT2D eigenvalue weighted by Gasteiger charge is 2.11. The molecule has 0 spiro atoms. The summed E-state index contributed by atoms with van der Waals surface area (Å²) in [6.45, 7) is 0. The molecule has 3 rings (SSSR count). The molecule has 1 N–H and O–H groups in total. The van der Waals surface area contributed by atoms with Crippen molar-refractivity contribution in [2.24, 2.45) is 4.99 Å². The Balaban J connectivity index is 1.90. The summed E-state index contributed by atoms with van der Waals surface area (Å²) in [7, 11) is 0. The van der Waals surface area contributed by atoms with E-state index >= 15 is 0 Å². The number of hydrogen-bond donors (Lipinski definition) is 1. The first-order valence-electron chi connectivity index (χ1n) is 6.28. The molecule has 0 bridgehead atoms. The topological polar surface area (TPSA) is 58.6 Å². The fourth-order valence-electron chi connectivity index (χ4n) is 1.84. The van der Waals surface area contributed by atoms with E-state index in [9.17, 15) is 5.11 Å². The Morgan fingerprint density at radius 2 is 1.76 bits per heavy atom. The summed E-state index contributed by atoms with van der Waals surface area (Å²) >= 11 is 3.34. The van der Waals surface area contributed by atoms with Crippen LogP contribution in [0.4, 0.5) is 6.01 Å². The van der Waals surface area contributed by atoms with Crippen molar-refractivity contribution in [1.29, 1.82) is 0 Å². The second kappa shape index (κ2) is 5.93. The molecule has 0 unspecified atom stereocenters. The van der Waals surface area contributed by atoms with E-state index in [2.05, 4.69) is 25.9 Å². The number of nitrogens with zero attached hydrogens (tertiary/aromatic N) is 2. The summed E-state index contributed by atoms with van der Waals surface area (Å²) in [5.41, 5.74) is 2.24. The molecule has 0 amide bonds. The van der Waals surface area contributed by atoms with Gasteiger partial charge in [0.25, 0.3) is 0 Å². The number of phenolic OH excluding ortho intramolecular Hbond substituents is 1. The number of aromatic hydroxyl groups is 1. The van der Waals surface area contributed by atoms with E-state index in [1.54, 1.807) is 18.2 Å². The minimum atomic E-state index is 0.162. The molecule has 0 saturated heterocycles. The van der Waals surface area contributed by atoms with Gasteiger partial charge in [-0.3, -0.25) is 0 Å². The van der Waals surface area contributed by atoms with Crippen LogP contribution >= 0.6 is 15.9 Å². The molecular weight excluding hydrogens is 332 g/mol. The zero-order valence-corrected chi connectivity index (χ0v) is 12.5. The molecule has 0 saturated carbocycles. The first-order valence-corrected chi connectivity index (χ1v) is 7.07. The molecule has 4 nitrogen and oxygen atoms in total. The maximum atomic E-state index is 9.67. The van der Waals surface area contributed by atoms with Crippen molar-refractivity contribution in [1.82, 2.24) is 4.98 Å². The highest BCUT2D eigenvalue weighted by molar-refractivity contribution is 9.10. The summed E-state index contributed by atoms with van der Waals surface area (Å²) in [4.78, 5) is 8.48. The number of halogens is 1. The predicted molar refractivity (Wildman–Crippen MR) is 85.0 cm³/mol. The van der Waals surface area contributed by atoms with Gasteiger partial charge in [0, 0.05) is 17.3 Å². The molecule has 5 heteroatoms. The van der Waals surface area contributed by atoms with Gasteiger partial charge in [-0.25, -0.2) is 4.99 Å². The Morgan fingerprint density at radius 1 is 1.05 bits per heavy atom. The second-order valence-electron chi connectivity index (χ2n) is 4.30. The van der Waals surface area contributed by atoms with Crippen molar-refractivity contribution < 1.29 is 9.52 Å². The summed E-state index contributed by atoms with van der Waals surface area (Å²) in [6, 6.07) is 16.8. The SMILES string of the molecule is Oc1ccccc1/C=N/c1nc(-c2ccccc2)c(Br)o1. The number of hydrogen-bond acceptors (Lipinski definition) is 4. The second-order valence-corrected chi connectivity index (χ2v) is 5.02. The van der Waals surface area contributed by atoms with Gasteiger partial charge in [-0.2, -0.15) is 4.98 Å². The fraction of sp³-hybridized carbons (Fsp3) is 0. The van der Waals surface area contributed by atoms with E-state index in [-0.39, 0.29) is 11.8 Å². The molecule has 0 fully saturated rings. The highest BCUT2D eigenvalue weighted by atomic mass is 79.9. The van der Waals surface area contributed by atoms with Crippen LogP contribution in [0.5, 0.6) is 5.75 Å². The van der Waals surface area contributed by atoms with E-state index in [0.717, 1.165) is 5.56 Å². The Kier molecular flexibility index (Phi) is 3.83. The Morgan fingerprint density at radius 3 is 2.52 bits per heavy atom. The van der Waals surface area contributed by atoms with E-state index in [1.807, 2.05) is 36.4 Å². The van der Waals surface area contributed by atoms with Gasteiger partial charge < -0.3 is 9.52 Å². The van der Waals surface area contributed by atoms with Gasteiger partial charge in [0.2, 0.25) is 0 Å².